The van der Waals surface area contributed by atoms with Crippen LogP contribution in [-0.4, -0.2) is 24.0 Å². The molecule has 0 saturated heterocycles. The molecule has 29 heavy (non-hydrogen) atoms. The second kappa shape index (κ2) is 9.59. The minimum absolute atomic E-state index is 0.0517. The summed E-state index contributed by atoms with van der Waals surface area (Å²) in [6.07, 6.45) is 5.07. The summed E-state index contributed by atoms with van der Waals surface area (Å²) >= 11 is 0. The molecule has 2 aromatic carbocycles. The Morgan fingerprint density at radius 2 is 1.69 bits per heavy atom. The van der Waals surface area contributed by atoms with Crippen molar-refractivity contribution in [2.45, 2.75) is 65.0 Å². The summed E-state index contributed by atoms with van der Waals surface area (Å²) in [6, 6.07) is 13.2. The molecule has 0 spiro atoms. The van der Waals surface area contributed by atoms with Crippen LogP contribution in [0.3, 0.4) is 0 Å². The monoisotopic (exact) mass is 394 g/mol. The first-order valence-corrected chi connectivity index (χ1v) is 10.4. The van der Waals surface area contributed by atoms with E-state index in [1.165, 1.54) is 19.3 Å². The summed E-state index contributed by atoms with van der Waals surface area (Å²) in [5, 5.41) is 6.02. The Hall–Kier alpha value is -2.82. The van der Waals surface area contributed by atoms with Crippen LogP contribution in [0.25, 0.3) is 0 Å². The lowest BCUT2D eigenvalue weighted by molar-refractivity contribution is -0.122. The number of aryl methyl sites for hydroxylation is 2. The molecule has 0 heterocycles. The third-order valence-electron chi connectivity index (χ3n) is 5.39. The van der Waals surface area contributed by atoms with Crippen molar-refractivity contribution in [2.24, 2.45) is 0 Å². The van der Waals surface area contributed by atoms with Gasteiger partial charge in [-0.1, -0.05) is 31.4 Å². The molecule has 1 fully saturated rings. The highest BCUT2D eigenvalue weighted by Gasteiger charge is 2.18. The molecule has 1 aliphatic rings. The normalized spacial score (nSPS) is 15.4. The summed E-state index contributed by atoms with van der Waals surface area (Å²) in [4.78, 5) is 24.9. The Bertz CT molecular complexity index is 855. The van der Waals surface area contributed by atoms with Crippen molar-refractivity contribution in [3.8, 4) is 5.75 Å². The molecule has 2 amide bonds. The third kappa shape index (κ3) is 5.83. The van der Waals surface area contributed by atoms with E-state index in [9.17, 15) is 9.59 Å². The van der Waals surface area contributed by atoms with Gasteiger partial charge in [0.15, 0.2) is 6.10 Å². The summed E-state index contributed by atoms with van der Waals surface area (Å²) in [5.74, 6) is 0.296. The molecule has 3 rings (SSSR count). The number of benzene rings is 2. The maximum Gasteiger partial charge on any atom is 0.265 e. The number of nitrogens with one attached hydrogen (secondary N) is 2. The number of rotatable bonds is 6. The van der Waals surface area contributed by atoms with E-state index in [-0.39, 0.29) is 17.9 Å². The van der Waals surface area contributed by atoms with Crippen LogP contribution < -0.4 is 15.4 Å². The zero-order valence-electron chi connectivity index (χ0n) is 17.5. The number of hydrogen-bond donors (Lipinski definition) is 2. The van der Waals surface area contributed by atoms with E-state index in [1.54, 1.807) is 31.2 Å². The molecule has 0 bridgehead atoms. The van der Waals surface area contributed by atoms with E-state index in [0.29, 0.717) is 11.3 Å². The molecule has 1 atom stereocenters. The van der Waals surface area contributed by atoms with Crippen LogP contribution in [-0.2, 0) is 4.79 Å². The fourth-order valence-corrected chi connectivity index (χ4v) is 3.56. The zero-order chi connectivity index (χ0) is 20.8. The molecule has 2 aromatic rings. The minimum atomic E-state index is -0.656. The SMILES string of the molecule is Cc1ccc(C)c(NC(=O)[C@@H](C)Oc2ccc(C(=O)NC3CCCCC3)cc2)c1. The lowest BCUT2D eigenvalue weighted by atomic mass is 9.95. The molecule has 0 radical (unpaired) electrons. The van der Waals surface area contributed by atoms with E-state index >= 15 is 0 Å². The van der Waals surface area contributed by atoms with Gasteiger partial charge in [-0.2, -0.15) is 0 Å². The Morgan fingerprint density at radius 1 is 1.00 bits per heavy atom. The van der Waals surface area contributed by atoms with Gasteiger partial charge in [0.1, 0.15) is 5.75 Å². The van der Waals surface area contributed by atoms with E-state index in [2.05, 4.69) is 10.6 Å². The van der Waals surface area contributed by atoms with Gasteiger partial charge in [0.2, 0.25) is 0 Å². The van der Waals surface area contributed by atoms with Crippen molar-refractivity contribution < 1.29 is 14.3 Å². The van der Waals surface area contributed by atoms with Gasteiger partial charge in [-0.15, -0.1) is 0 Å². The second-order valence-electron chi connectivity index (χ2n) is 7.90. The molecule has 0 aliphatic heterocycles. The van der Waals surface area contributed by atoms with Crippen LogP contribution >= 0.6 is 0 Å². The van der Waals surface area contributed by atoms with E-state index in [1.807, 2.05) is 32.0 Å². The first-order chi connectivity index (χ1) is 13.9. The van der Waals surface area contributed by atoms with Gasteiger partial charge >= 0.3 is 0 Å². The van der Waals surface area contributed by atoms with Crippen LogP contribution in [0, 0.1) is 13.8 Å². The topological polar surface area (TPSA) is 67.4 Å². The molecule has 5 heteroatoms. The van der Waals surface area contributed by atoms with Crippen LogP contribution in [0.4, 0.5) is 5.69 Å². The van der Waals surface area contributed by atoms with Gasteiger partial charge in [-0.25, -0.2) is 0 Å². The standard InChI is InChI=1S/C24H30N2O3/c1-16-9-10-17(2)22(15-16)26-23(27)18(3)29-21-13-11-19(12-14-21)24(28)25-20-7-5-4-6-8-20/h9-15,18,20H,4-8H2,1-3H3,(H,25,28)(H,26,27)/t18-/m1/s1. The number of anilines is 1. The van der Waals surface area contributed by atoms with Crippen molar-refractivity contribution in [3.63, 3.8) is 0 Å². The second-order valence-corrected chi connectivity index (χ2v) is 7.90. The van der Waals surface area contributed by atoms with Crippen LogP contribution in [0.15, 0.2) is 42.5 Å². The zero-order valence-corrected chi connectivity index (χ0v) is 17.5. The maximum atomic E-state index is 12.5. The van der Waals surface area contributed by atoms with Gasteiger partial charge in [-0.05, 0) is 75.1 Å². The molecule has 2 N–H and O–H groups in total. The summed E-state index contributed by atoms with van der Waals surface area (Å²) in [7, 11) is 0. The van der Waals surface area contributed by atoms with Crippen molar-refractivity contribution in [1.82, 2.24) is 5.32 Å². The van der Waals surface area contributed by atoms with Crippen molar-refractivity contribution in [2.75, 3.05) is 5.32 Å². The summed E-state index contributed by atoms with van der Waals surface area (Å²) in [6.45, 7) is 5.66. The lowest BCUT2D eigenvalue weighted by Crippen LogP contribution is -2.36. The smallest absolute Gasteiger partial charge is 0.265 e. The lowest BCUT2D eigenvalue weighted by Gasteiger charge is -2.22. The largest absolute Gasteiger partial charge is 0.481 e. The Morgan fingerprint density at radius 3 is 2.38 bits per heavy atom. The average molecular weight is 395 g/mol. The molecular formula is C24H30N2O3. The first-order valence-electron chi connectivity index (χ1n) is 10.4. The Kier molecular flexibility index (Phi) is 6.91. The van der Waals surface area contributed by atoms with Crippen molar-refractivity contribution in [1.29, 1.82) is 0 Å². The number of amides is 2. The highest BCUT2D eigenvalue weighted by molar-refractivity contribution is 5.95. The highest BCUT2D eigenvalue weighted by Crippen LogP contribution is 2.20. The number of hydrogen-bond acceptors (Lipinski definition) is 3. The number of ether oxygens (including phenoxy) is 1. The van der Waals surface area contributed by atoms with Crippen LogP contribution in [0.1, 0.15) is 60.5 Å². The minimum Gasteiger partial charge on any atom is -0.481 e. The Balaban J connectivity index is 1.54. The van der Waals surface area contributed by atoms with E-state index < -0.39 is 6.10 Å². The number of carbonyl (C=O) groups is 2. The first kappa shape index (κ1) is 20.9. The predicted octanol–water partition coefficient (Wildman–Crippen LogP) is 4.77. The summed E-state index contributed by atoms with van der Waals surface area (Å²) < 4.78 is 5.76. The van der Waals surface area contributed by atoms with Crippen LogP contribution in [0.2, 0.25) is 0 Å². The number of carbonyl (C=O) groups excluding carboxylic acids is 2. The average Bonchev–Trinajstić information content (AvgIpc) is 2.72. The fraction of sp³-hybridized carbons (Fsp3) is 0.417. The van der Waals surface area contributed by atoms with Gasteiger partial charge in [0.05, 0.1) is 0 Å². The quantitative estimate of drug-likeness (QED) is 0.741. The summed E-state index contributed by atoms with van der Waals surface area (Å²) in [5.41, 5.74) is 3.49. The van der Waals surface area contributed by atoms with Crippen molar-refractivity contribution >= 4 is 17.5 Å². The molecule has 0 unspecified atom stereocenters. The third-order valence-corrected chi connectivity index (χ3v) is 5.39. The molecular weight excluding hydrogens is 364 g/mol. The van der Waals surface area contributed by atoms with Crippen molar-refractivity contribution in [3.05, 3.63) is 59.2 Å². The molecule has 154 valence electrons. The Labute approximate surface area is 172 Å². The maximum absolute atomic E-state index is 12.5. The van der Waals surface area contributed by atoms with Gasteiger partial charge in [-0.3, -0.25) is 9.59 Å². The van der Waals surface area contributed by atoms with E-state index in [4.69, 9.17) is 4.74 Å². The molecule has 0 aromatic heterocycles. The molecule has 1 aliphatic carbocycles. The van der Waals surface area contributed by atoms with E-state index in [0.717, 1.165) is 29.7 Å². The van der Waals surface area contributed by atoms with Crippen LogP contribution in [0.5, 0.6) is 5.75 Å². The fourth-order valence-electron chi connectivity index (χ4n) is 3.56. The van der Waals surface area contributed by atoms with Gasteiger partial charge in [0.25, 0.3) is 11.8 Å². The molecule has 5 nitrogen and oxygen atoms in total. The highest BCUT2D eigenvalue weighted by atomic mass is 16.5. The predicted molar refractivity (Wildman–Crippen MR) is 115 cm³/mol. The van der Waals surface area contributed by atoms with Gasteiger partial charge < -0.3 is 15.4 Å². The van der Waals surface area contributed by atoms with Gasteiger partial charge in [0, 0.05) is 17.3 Å². The molecule has 1 saturated carbocycles.